The maximum atomic E-state index is 12.6. The third-order valence-corrected chi connectivity index (χ3v) is 5.85. The van der Waals surface area contributed by atoms with Crippen LogP contribution in [0.15, 0.2) is 18.0 Å². The van der Waals surface area contributed by atoms with Crippen molar-refractivity contribution in [2.45, 2.75) is 39.0 Å². The van der Waals surface area contributed by atoms with E-state index in [2.05, 4.69) is 26.7 Å². The van der Waals surface area contributed by atoms with Gasteiger partial charge in [-0.25, -0.2) is 9.97 Å². The quantitative estimate of drug-likeness (QED) is 0.544. The fourth-order valence-corrected chi connectivity index (χ4v) is 4.31. The molecule has 2 aromatic rings. The number of fused-ring (bicyclic) bond motifs is 1. The van der Waals surface area contributed by atoms with Gasteiger partial charge in [0, 0.05) is 20.2 Å². The van der Waals surface area contributed by atoms with Crippen LogP contribution in [-0.4, -0.2) is 42.7 Å². The summed E-state index contributed by atoms with van der Waals surface area (Å²) >= 11 is 1.42. The Morgan fingerprint density at radius 3 is 2.96 bits per heavy atom. The van der Waals surface area contributed by atoms with E-state index in [1.165, 1.54) is 48.9 Å². The number of nitrogens with zero attached hydrogens (tertiary/aromatic N) is 2. The Balaban J connectivity index is 1.68. The maximum absolute atomic E-state index is 12.6. The first-order valence-corrected chi connectivity index (χ1v) is 9.95. The highest BCUT2D eigenvalue weighted by molar-refractivity contribution is 7.20. The molecule has 0 saturated heterocycles. The van der Waals surface area contributed by atoms with Crippen LogP contribution in [0.4, 0.5) is 5.82 Å². The summed E-state index contributed by atoms with van der Waals surface area (Å²) in [5.41, 5.74) is 2.40. The standard InChI is InChI=1S/C19H26N4O2S/c1-13-15-17(20-10-11-25-2)22-12-23-19(15)26-16(13)18(24)21-9-8-14-6-4-3-5-7-14/h6,12H,3-5,7-11H2,1-2H3,(H,21,24)(H,20,22,23). The van der Waals surface area contributed by atoms with E-state index < -0.39 is 0 Å². The van der Waals surface area contributed by atoms with Crippen LogP contribution in [0.5, 0.6) is 0 Å². The number of hydrogen-bond donors (Lipinski definition) is 2. The molecule has 140 valence electrons. The minimum atomic E-state index is -0.0234. The van der Waals surface area contributed by atoms with Gasteiger partial charge in [0.25, 0.3) is 5.91 Å². The smallest absolute Gasteiger partial charge is 0.261 e. The van der Waals surface area contributed by atoms with Crippen LogP contribution in [0.1, 0.15) is 47.3 Å². The molecule has 1 amide bonds. The summed E-state index contributed by atoms with van der Waals surface area (Å²) in [7, 11) is 1.67. The number of hydrogen-bond acceptors (Lipinski definition) is 6. The molecule has 26 heavy (non-hydrogen) atoms. The van der Waals surface area contributed by atoms with Crippen molar-refractivity contribution in [3.63, 3.8) is 0 Å². The van der Waals surface area contributed by atoms with Crippen LogP contribution in [0.25, 0.3) is 10.2 Å². The first kappa shape index (κ1) is 18.8. The molecule has 0 saturated carbocycles. The third kappa shape index (κ3) is 4.40. The number of aryl methyl sites for hydroxylation is 1. The molecule has 1 aliphatic carbocycles. The Labute approximate surface area is 158 Å². The van der Waals surface area contributed by atoms with Gasteiger partial charge in [0.05, 0.1) is 16.9 Å². The molecule has 0 spiro atoms. The highest BCUT2D eigenvalue weighted by Gasteiger charge is 2.19. The zero-order chi connectivity index (χ0) is 18.4. The van der Waals surface area contributed by atoms with Crippen molar-refractivity contribution in [1.29, 1.82) is 0 Å². The minimum Gasteiger partial charge on any atom is -0.383 e. The third-order valence-electron chi connectivity index (χ3n) is 4.65. The van der Waals surface area contributed by atoms with Crippen LogP contribution < -0.4 is 10.6 Å². The molecule has 1 aliphatic rings. The largest absolute Gasteiger partial charge is 0.383 e. The number of carbonyl (C=O) groups is 1. The van der Waals surface area contributed by atoms with Crippen LogP contribution in [0.3, 0.4) is 0 Å². The number of methoxy groups -OCH3 is 1. The fourth-order valence-electron chi connectivity index (χ4n) is 3.24. The van der Waals surface area contributed by atoms with Crippen molar-refractivity contribution in [3.05, 3.63) is 28.4 Å². The lowest BCUT2D eigenvalue weighted by molar-refractivity contribution is 0.0957. The number of allylic oxidation sites excluding steroid dienone is 1. The highest BCUT2D eigenvalue weighted by Crippen LogP contribution is 2.33. The summed E-state index contributed by atoms with van der Waals surface area (Å²) in [6, 6.07) is 0. The van der Waals surface area contributed by atoms with E-state index in [1.807, 2.05) is 6.92 Å². The molecule has 7 heteroatoms. The molecule has 2 heterocycles. The maximum Gasteiger partial charge on any atom is 0.261 e. The topological polar surface area (TPSA) is 76.1 Å². The van der Waals surface area contributed by atoms with Gasteiger partial charge in [-0.15, -0.1) is 11.3 Å². The number of nitrogens with one attached hydrogen (secondary N) is 2. The molecular formula is C19H26N4O2S. The molecule has 6 nitrogen and oxygen atoms in total. The zero-order valence-corrected chi connectivity index (χ0v) is 16.2. The van der Waals surface area contributed by atoms with Crippen molar-refractivity contribution < 1.29 is 9.53 Å². The number of anilines is 1. The predicted octanol–water partition coefficient (Wildman–Crippen LogP) is 3.68. The van der Waals surface area contributed by atoms with Crippen LogP contribution in [-0.2, 0) is 4.74 Å². The summed E-state index contributed by atoms with van der Waals surface area (Å²) in [6.07, 6.45) is 9.71. The van der Waals surface area contributed by atoms with Crippen molar-refractivity contribution >= 4 is 33.3 Å². The number of aromatic nitrogens is 2. The predicted molar refractivity (Wildman–Crippen MR) is 106 cm³/mol. The Morgan fingerprint density at radius 1 is 1.31 bits per heavy atom. The summed E-state index contributed by atoms with van der Waals surface area (Å²) in [4.78, 5) is 22.8. The summed E-state index contributed by atoms with van der Waals surface area (Å²) in [5.74, 6) is 0.733. The van der Waals surface area contributed by atoms with Gasteiger partial charge in [-0.1, -0.05) is 11.6 Å². The molecule has 0 radical (unpaired) electrons. The SMILES string of the molecule is COCCNc1ncnc2sc(C(=O)NCCC3=CCCCC3)c(C)c12. The van der Waals surface area contributed by atoms with Crippen LogP contribution in [0, 0.1) is 6.92 Å². The van der Waals surface area contributed by atoms with Gasteiger partial charge in [-0.2, -0.15) is 0 Å². The monoisotopic (exact) mass is 374 g/mol. The lowest BCUT2D eigenvalue weighted by atomic mass is 9.97. The summed E-state index contributed by atoms with van der Waals surface area (Å²) in [5, 5.41) is 7.25. The van der Waals surface area contributed by atoms with E-state index in [0.717, 1.165) is 28.0 Å². The lowest BCUT2D eigenvalue weighted by Crippen LogP contribution is -2.24. The second-order valence-electron chi connectivity index (χ2n) is 6.49. The zero-order valence-electron chi connectivity index (χ0n) is 15.4. The van der Waals surface area contributed by atoms with E-state index in [0.29, 0.717) is 24.6 Å². The molecule has 2 aromatic heterocycles. The van der Waals surface area contributed by atoms with Gasteiger partial charge in [-0.05, 0) is 44.6 Å². The first-order valence-electron chi connectivity index (χ1n) is 9.13. The highest BCUT2D eigenvalue weighted by atomic mass is 32.1. The number of carbonyl (C=O) groups excluding carboxylic acids is 1. The van der Waals surface area contributed by atoms with Gasteiger partial charge in [0.2, 0.25) is 0 Å². The average Bonchev–Trinajstić information content (AvgIpc) is 3.00. The van der Waals surface area contributed by atoms with Crippen LogP contribution >= 0.6 is 11.3 Å². The van der Waals surface area contributed by atoms with E-state index in [4.69, 9.17) is 4.74 Å². The number of amides is 1. The van der Waals surface area contributed by atoms with Crippen molar-refractivity contribution in [3.8, 4) is 0 Å². The number of ether oxygens (including phenoxy) is 1. The van der Waals surface area contributed by atoms with Crippen molar-refractivity contribution in [2.75, 3.05) is 32.1 Å². The van der Waals surface area contributed by atoms with Gasteiger partial charge < -0.3 is 15.4 Å². The fraction of sp³-hybridized carbons (Fsp3) is 0.526. The summed E-state index contributed by atoms with van der Waals surface area (Å²) in [6.45, 7) is 3.90. The van der Waals surface area contributed by atoms with E-state index in [9.17, 15) is 4.79 Å². The first-order chi connectivity index (χ1) is 12.7. The molecule has 3 rings (SSSR count). The molecule has 0 aliphatic heterocycles. The van der Waals surface area contributed by atoms with E-state index >= 15 is 0 Å². The Bertz CT molecular complexity index is 800. The normalized spacial score (nSPS) is 14.3. The van der Waals surface area contributed by atoms with Gasteiger partial charge in [0.1, 0.15) is 17.0 Å². The Morgan fingerprint density at radius 2 is 2.19 bits per heavy atom. The van der Waals surface area contributed by atoms with Crippen LogP contribution in [0.2, 0.25) is 0 Å². The van der Waals surface area contributed by atoms with Crippen molar-refractivity contribution in [2.24, 2.45) is 0 Å². The molecule has 0 bridgehead atoms. The molecule has 0 fully saturated rings. The molecule has 0 aromatic carbocycles. The second-order valence-corrected chi connectivity index (χ2v) is 7.49. The number of thiophene rings is 1. The summed E-state index contributed by atoms with van der Waals surface area (Å²) < 4.78 is 5.07. The van der Waals surface area contributed by atoms with E-state index in [1.54, 1.807) is 7.11 Å². The molecular weight excluding hydrogens is 348 g/mol. The average molecular weight is 375 g/mol. The molecule has 2 N–H and O–H groups in total. The molecule has 0 atom stereocenters. The minimum absolute atomic E-state index is 0.0234. The number of rotatable bonds is 8. The van der Waals surface area contributed by atoms with E-state index in [-0.39, 0.29) is 5.91 Å². The Hall–Kier alpha value is -1.99. The lowest BCUT2D eigenvalue weighted by Gasteiger charge is -2.12. The van der Waals surface area contributed by atoms with Crippen molar-refractivity contribution in [1.82, 2.24) is 15.3 Å². The van der Waals surface area contributed by atoms with Gasteiger partial charge in [-0.3, -0.25) is 4.79 Å². The molecule has 0 unspecified atom stereocenters. The van der Waals surface area contributed by atoms with Gasteiger partial charge >= 0.3 is 0 Å². The van der Waals surface area contributed by atoms with Gasteiger partial charge in [0.15, 0.2) is 0 Å². The Kier molecular flexibility index (Phi) is 6.57. The second kappa shape index (κ2) is 9.09.